The SMILES string of the molecule is COc1ccc(N/C=C(/C#N)C(=O)Nc2ccc(C)c(Cl)c2)cc1Cl. The van der Waals surface area contributed by atoms with E-state index in [0.29, 0.717) is 27.2 Å². The first-order chi connectivity index (χ1) is 11.9. The van der Waals surface area contributed by atoms with Crippen molar-refractivity contribution in [3.05, 3.63) is 63.8 Å². The van der Waals surface area contributed by atoms with Crippen LogP contribution in [-0.2, 0) is 4.79 Å². The molecule has 0 saturated carbocycles. The van der Waals surface area contributed by atoms with E-state index in [1.165, 1.54) is 13.3 Å². The largest absolute Gasteiger partial charge is 0.495 e. The summed E-state index contributed by atoms with van der Waals surface area (Å²) in [6.45, 7) is 1.86. The van der Waals surface area contributed by atoms with Gasteiger partial charge in [0.05, 0.1) is 12.1 Å². The summed E-state index contributed by atoms with van der Waals surface area (Å²) in [5.74, 6) is -0.0137. The van der Waals surface area contributed by atoms with E-state index in [9.17, 15) is 10.1 Å². The quantitative estimate of drug-likeness (QED) is 0.582. The fourth-order valence-electron chi connectivity index (χ4n) is 1.93. The lowest BCUT2D eigenvalue weighted by Crippen LogP contribution is -2.14. The molecular formula is C18H15Cl2N3O2. The lowest BCUT2D eigenvalue weighted by atomic mass is 10.2. The van der Waals surface area contributed by atoms with Gasteiger partial charge in [-0.2, -0.15) is 5.26 Å². The Balaban J connectivity index is 2.11. The number of anilines is 2. The zero-order valence-electron chi connectivity index (χ0n) is 13.6. The summed E-state index contributed by atoms with van der Waals surface area (Å²) in [6.07, 6.45) is 1.31. The molecule has 0 spiro atoms. The molecule has 0 aliphatic heterocycles. The summed E-state index contributed by atoms with van der Waals surface area (Å²) in [5, 5.41) is 15.6. The van der Waals surface area contributed by atoms with Gasteiger partial charge in [0.2, 0.25) is 0 Å². The molecule has 1 amide bonds. The molecule has 7 heteroatoms. The summed E-state index contributed by atoms with van der Waals surface area (Å²) in [5.41, 5.74) is 1.93. The van der Waals surface area contributed by atoms with Crippen LogP contribution in [0.3, 0.4) is 0 Å². The van der Waals surface area contributed by atoms with Gasteiger partial charge in [-0.25, -0.2) is 0 Å². The van der Waals surface area contributed by atoms with Crippen LogP contribution in [0.2, 0.25) is 10.0 Å². The first-order valence-electron chi connectivity index (χ1n) is 7.22. The van der Waals surface area contributed by atoms with Gasteiger partial charge in [-0.3, -0.25) is 4.79 Å². The van der Waals surface area contributed by atoms with E-state index in [2.05, 4.69) is 10.6 Å². The van der Waals surface area contributed by atoms with E-state index in [0.717, 1.165) is 5.56 Å². The van der Waals surface area contributed by atoms with E-state index >= 15 is 0 Å². The van der Waals surface area contributed by atoms with Gasteiger partial charge in [0.1, 0.15) is 17.4 Å². The molecule has 2 aromatic carbocycles. The first-order valence-corrected chi connectivity index (χ1v) is 7.98. The van der Waals surface area contributed by atoms with Crippen molar-refractivity contribution in [2.45, 2.75) is 6.92 Å². The number of methoxy groups -OCH3 is 1. The maximum Gasteiger partial charge on any atom is 0.267 e. The Kier molecular flexibility index (Phi) is 6.29. The van der Waals surface area contributed by atoms with Gasteiger partial charge >= 0.3 is 0 Å². The second-order valence-corrected chi connectivity index (χ2v) is 5.90. The third-order valence-corrected chi connectivity index (χ3v) is 4.03. The van der Waals surface area contributed by atoms with Crippen LogP contribution in [0.25, 0.3) is 0 Å². The standard InChI is InChI=1S/C18H15Cl2N3O2/c1-11-3-4-14(8-15(11)19)23-18(24)12(9-21)10-22-13-5-6-17(25-2)16(20)7-13/h3-8,10,22H,1-2H3,(H,23,24)/b12-10-. The maximum absolute atomic E-state index is 12.2. The van der Waals surface area contributed by atoms with Gasteiger partial charge in [0.25, 0.3) is 5.91 Å². The summed E-state index contributed by atoms with van der Waals surface area (Å²) in [7, 11) is 1.52. The molecule has 0 fully saturated rings. The van der Waals surface area contributed by atoms with Crippen LogP contribution in [0.5, 0.6) is 5.75 Å². The van der Waals surface area contributed by atoms with E-state index in [-0.39, 0.29) is 5.57 Å². The van der Waals surface area contributed by atoms with Gasteiger partial charge in [0.15, 0.2) is 0 Å². The minimum atomic E-state index is -0.547. The number of carbonyl (C=O) groups excluding carboxylic acids is 1. The number of rotatable bonds is 5. The average Bonchev–Trinajstić information content (AvgIpc) is 2.59. The molecule has 0 aliphatic carbocycles. The molecule has 5 nitrogen and oxygen atoms in total. The van der Waals surface area contributed by atoms with Crippen LogP contribution >= 0.6 is 23.2 Å². The van der Waals surface area contributed by atoms with Crippen molar-refractivity contribution in [2.24, 2.45) is 0 Å². The predicted molar refractivity (Wildman–Crippen MR) is 100 cm³/mol. The number of aryl methyl sites for hydroxylation is 1. The third-order valence-electron chi connectivity index (χ3n) is 3.33. The van der Waals surface area contributed by atoms with Crippen molar-refractivity contribution in [1.82, 2.24) is 0 Å². The summed E-state index contributed by atoms with van der Waals surface area (Å²) >= 11 is 12.1. The molecule has 25 heavy (non-hydrogen) atoms. The number of halogens is 2. The lowest BCUT2D eigenvalue weighted by molar-refractivity contribution is -0.112. The van der Waals surface area contributed by atoms with Gasteiger partial charge in [-0.05, 0) is 42.8 Å². The number of ether oxygens (including phenoxy) is 1. The van der Waals surface area contributed by atoms with Gasteiger partial charge < -0.3 is 15.4 Å². The first kappa shape index (κ1) is 18.7. The van der Waals surface area contributed by atoms with Crippen LogP contribution < -0.4 is 15.4 Å². The monoisotopic (exact) mass is 375 g/mol. The Morgan fingerprint density at radius 1 is 1.16 bits per heavy atom. The molecule has 128 valence electrons. The van der Waals surface area contributed by atoms with E-state index in [1.54, 1.807) is 36.4 Å². The maximum atomic E-state index is 12.2. The smallest absolute Gasteiger partial charge is 0.267 e. The highest BCUT2D eigenvalue weighted by Gasteiger charge is 2.10. The molecule has 2 aromatic rings. The molecule has 0 atom stereocenters. The van der Waals surface area contributed by atoms with Crippen LogP contribution in [-0.4, -0.2) is 13.0 Å². The summed E-state index contributed by atoms with van der Waals surface area (Å²) in [6, 6.07) is 12.0. The zero-order valence-corrected chi connectivity index (χ0v) is 15.1. The van der Waals surface area contributed by atoms with Crippen LogP contribution in [0, 0.1) is 18.3 Å². The fraction of sp³-hybridized carbons (Fsp3) is 0.111. The van der Waals surface area contributed by atoms with E-state index in [4.69, 9.17) is 27.9 Å². The topological polar surface area (TPSA) is 74.1 Å². The Morgan fingerprint density at radius 2 is 1.84 bits per heavy atom. The van der Waals surface area contributed by atoms with Crippen LogP contribution in [0.1, 0.15) is 5.56 Å². The number of hydrogen-bond acceptors (Lipinski definition) is 4. The van der Waals surface area contributed by atoms with E-state index < -0.39 is 5.91 Å². The number of carbonyl (C=O) groups is 1. The van der Waals surface area contributed by atoms with Gasteiger partial charge in [-0.1, -0.05) is 29.3 Å². The second kappa shape index (κ2) is 8.43. The van der Waals surface area contributed by atoms with Crippen molar-refractivity contribution < 1.29 is 9.53 Å². The molecule has 0 heterocycles. The Hall–Kier alpha value is -2.68. The summed E-state index contributed by atoms with van der Waals surface area (Å²) in [4.78, 5) is 12.2. The molecule has 0 bridgehead atoms. The number of nitrogens with zero attached hydrogens (tertiary/aromatic N) is 1. The van der Waals surface area contributed by atoms with Gasteiger partial charge in [-0.15, -0.1) is 0 Å². The minimum Gasteiger partial charge on any atom is -0.495 e. The Labute approximate surface area is 155 Å². The van der Waals surface area contributed by atoms with E-state index in [1.807, 2.05) is 13.0 Å². The normalized spacial score (nSPS) is 10.8. The van der Waals surface area contributed by atoms with Crippen molar-refractivity contribution in [2.75, 3.05) is 17.7 Å². The second-order valence-electron chi connectivity index (χ2n) is 5.08. The van der Waals surface area contributed by atoms with Crippen LogP contribution in [0.4, 0.5) is 11.4 Å². The van der Waals surface area contributed by atoms with Crippen molar-refractivity contribution in [3.8, 4) is 11.8 Å². The fourth-order valence-corrected chi connectivity index (χ4v) is 2.37. The minimum absolute atomic E-state index is 0.0939. The highest BCUT2D eigenvalue weighted by atomic mass is 35.5. The van der Waals surface area contributed by atoms with Crippen molar-refractivity contribution >= 4 is 40.5 Å². The number of benzene rings is 2. The molecule has 0 saturated heterocycles. The Morgan fingerprint density at radius 3 is 2.44 bits per heavy atom. The highest BCUT2D eigenvalue weighted by molar-refractivity contribution is 6.32. The zero-order chi connectivity index (χ0) is 18.4. The molecule has 2 N–H and O–H groups in total. The Bertz CT molecular complexity index is 873. The van der Waals surface area contributed by atoms with Crippen molar-refractivity contribution in [1.29, 1.82) is 5.26 Å². The van der Waals surface area contributed by atoms with Crippen LogP contribution in [0.15, 0.2) is 48.2 Å². The average molecular weight is 376 g/mol. The number of nitrogens with one attached hydrogen (secondary N) is 2. The molecule has 0 radical (unpaired) electrons. The molecule has 0 aromatic heterocycles. The third kappa shape index (κ3) is 4.90. The predicted octanol–water partition coefficient (Wildman–Crippen LogP) is 4.77. The molecule has 2 rings (SSSR count). The number of hydrogen-bond donors (Lipinski definition) is 2. The highest BCUT2D eigenvalue weighted by Crippen LogP contribution is 2.27. The van der Waals surface area contributed by atoms with Crippen molar-refractivity contribution in [3.63, 3.8) is 0 Å². The lowest BCUT2D eigenvalue weighted by Gasteiger charge is -2.08. The number of amides is 1. The molecular weight excluding hydrogens is 361 g/mol. The molecule has 0 aliphatic rings. The summed E-state index contributed by atoms with van der Waals surface area (Å²) < 4.78 is 5.07. The number of nitriles is 1. The van der Waals surface area contributed by atoms with Gasteiger partial charge in [0, 0.05) is 22.6 Å². The molecule has 0 unspecified atom stereocenters.